The highest BCUT2D eigenvalue weighted by Gasteiger charge is 2.17. The van der Waals surface area contributed by atoms with Gasteiger partial charge in [0.1, 0.15) is 0 Å². The van der Waals surface area contributed by atoms with Crippen molar-refractivity contribution < 1.29 is 0 Å². The van der Waals surface area contributed by atoms with Crippen molar-refractivity contribution in [3.05, 3.63) is 182 Å². The quantitative estimate of drug-likeness (QED) is 0.172. The van der Waals surface area contributed by atoms with Crippen LogP contribution in [0.25, 0.3) is 99.5 Å². The number of pyridine rings is 1. The van der Waals surface area contributed by atoms with Crippen LogP contribution in [0, 0.1) is 0 Å². The molecule has 10 aromatic rings. The zero-order valence-corrected chi connectivity index (χ0v) is 28.1. The fourth-order valence-electron chi connectivity index (χ4n) is 7.46. The molecule has 0 atom stereocenters. The van der Waals surface area contributed by atoms with Crippen LogP contribution in [0.15, 0.2) is 182 Å². The lowest BCUT2D eigenvalue weighted by molar-refractivity contribution is 1.07. The van der Waals surface area contributed by atoms with Gasteiger partial charge in [-0.1, -0.05) is 140 Å². The van der Waals surface area contributed by atoms with E-state index in [1.165, 1.54) is 43.1 Å². The summed E-state index contributed by atoms with van der Waals surface area (Å²) in [6.45, 7) is 0. The van der Waals surface area contributed by atoms with E-state index >= 15 is 0 Å². The summed E-state index contributed by atoms with van der Waals surface area (Å²) in [7, 11) is 0. The van der Waals surface area contributed by atoms with Crippen molar-refractivity contribution >= 4 is 43.1 Å². The van der Waals surface area contributed by atoms with E-state index in [1.54, 1.807) is 6.20 Å². The highest BCUT2D eigenvalue weighted by molar-refractivity contribution is 6.31. The summed E-state index contributed by atoms with van der Waals surface area (Å²) in [6, 6.07) is 59.8. The molecule has 0 aliphatic carbocycles. The van der Waals surface area contributed by atoms with Gasteiger partial charge in [0.2, 0.25) is 0 Å². The number of benzene rings is 8. The first kappa shape index (κ1) is 29.8. The second kappa shape index (κ2) is 12.4. The lowest BCUT2D eigenvalue weighted by Crippen LogP contribution is -2.00. The summed E-state index contributed by atoms with van der Waals surface area (Å²) >= 11 is 0. The molecular weight excluding hydrogens is 633 g/mol. The molecule has 0 saturated carbocycles. The van der Waals surface area contributed by atoms with Gasteiger partial charge < -0.3 is 0 Å². The predicted molar refractivity (Wildman–Crippen MR) is 215 cm³/mol. The van der Waals surface area contributed by atoms with E-state index in [-0.39, 0.29) is 0 Å². The van der Waals surface area contributed by atoms with Crippen molar-refractivity contribution in [2.45, 2.75) is 0 Å². The number of rotatable bonds is 5. The first-order chi connectivity index (χ1) is 25.8. The minimum Gasteiger partial charge on any atom is -0.264 e. The van der Waals surface area contributed by atoms with Gasteiger partial charge in [-0.3, -0.25) is 4.98 Å². The summed E-state index contributed by atoms with van der Waals surface area (Å²) in [5.41, 5.74) is 7.03. The summed E-state index contributed by atoms with van der Waals surface area (Å²) in [5.74, 6) is 1.88. The average molecular weight is 663 g/mol. The van der Waals surface area contributed by atoms with E-state index in [9.17, 15) is 0 Å². The molecule has 0 saturated heterocycles. The van der Waals surface area contributed by atoms with Gasteiger partial charge in [0, 0.05) is 34.6 Å². The molecule has 242 valence electrons. The van der Waals surface area contributed by atoms with Crippen molar-refractivity contribution in [2.75, 3.05) is 0 Å². The van der Waals surface area contributed by atoms with Crippen LogP contribution in [0.3, 0.4) is 0 Å². The summed E-state index contributed by atoms with van der Waals surface area (Å²) in [5, 5.41) is 10.0. The number of fused-ring (bicyclic) bond motifs is 8. The SMILES string of the molecule is c1ccc(-c2nc(-c3ccccc3)nc(-c3cc(-c4cccnc4)cc(-c4ccc5c(c4)c4ccccc4c4ccc6ccccc6c45)c3)n2)cc1. The van der Waals surface area contributed by atoms with Crippen molar-refractivity contribution in [3.63, 3.8) is 0 Å². The molecule has 10 rings (SSSR count). The molecule has 0 unspecified atom stereocenters. The molecule has 4 nitrogen and oxygen atoms in total. The molecule has 0 fully saturated rings. The summed E-state index contributed by atoms with van der Waals surface area (Å²) in [4.78, 5) is 19.6. The molecule has 4 heteroatoms. The molecule has 0 amide bonds. The topological polar surface area (TPSA) is 51.6 Å². The zero-order valence-electron chi connectivity index (χ0n) is 28.1. The fraction of sp³-hybridized carbons (Fsp3) is 0. The predicted octanol–water partition coefficient (Wildman–Crippen LogP) is 12.2. The lowest BCUT2D eigenvalue weighted by Gasteiger charge is -2.15. The normalized spacial score (nSPS) is 11.5. The Bertz CT molecular complexity index is 2880. The third-order valence-corrected chi connectivity index (χ3v) is 9.94. The van der Waals surface area contributed by atoms with Crippen molar-refractivity contribution in [2.24, 2.45) is 0 Å². The van der Waals surface area contributed by atoms with Gasteiger partial charge in [-0.05, 0) is 90.1 Å². The minimum absolute atomic E-state index is 0.614. The van der Waals surface area contributed by atoms with Crippen LogP contribution in [0.4, 0.5) is 0 Å². The van der Waals surface area contributed by atoms with E-state index < -0.39 is 0 Å². The standard InChI is InChI=1S/C48H30N4/c1-3-13-32(14-4-1)46-50-47(33-15-5-2-6-16-33)52-48(51-46)38-27-36(26-37(28-38)35-17-11-25-49-30-35)34-22-24-43-44(29-34)41-20-10-9-19-40(41)42-23-21-31-12-7-8-18-39(31)45(42)43/h1-30H. The number of aromatic nitrogens is 4. The van der Waals surface area contributed by atoms with Crippen LogP contribution in [0.5, 0.6) is 0 Å². The molecule has 0 bridgehead atoms. The monoisotopic (exact) mass is 662 g/mol. The van der Waals surface area contributed by atoms with Crippen LogP contribution in [-0.2, 0) is 0 Å². The van der Waals surface area contributed by atoms with Gasteiger partial charge in [-0.2, -0.15) is 0 Å². The Morgan fingerprint density at radius 3 is 1.48 bits per heavy atom. The molecule has 0 N–H and O–H groups in total. The van der Waals surface area contributed by atoms with Crippen LogP contribution < -0.4 is 0 Å². The maximum atomic E-state index is 5.09. The number of nitrogens with zero attached hydrogens (tertiary/aromatic N) is 4. The van der Waals surface area contributed by atoms with Crippen LogP contribution >= 0.6 is 0 Å². The second-order valence-corrected chi connectivity index (χ2v) is 13.1. The lowest BCUT2D eigenvalue weighted by atomic mass is 9.89. The van der Waals surface area contributed by atoms with Crippen molar-refractivity contribution in [3.8, 4) is 56.4 Å². The maximum Gasteiger partial charge on any atom is 0.164 e. The Hall–Kier alpha value is -7.04. The van der Waals surface area contributed by atoms with E-state index in [4.69, 9.17) is 15.0 Å². The van der Waals surface area contributed by atoms with E-state index in [2.05, 4.69) is 108 Å². The minimum atomic E-state index is 0.614. The highest BCUT2D eigenvalue weighted by Crippen LogP contribution is 2.41. The third kappa shape index (κ3) is 5.17. The maximum absolute atomic E-state index is 5.09. The first-order valence-corrected chi connectivity index (χ1v) is 17.5. The van der Waals surface area contributed by atoms with Gasteiger partial charge in [0.05, 0.1) is 0 Å². The molecule has 0 spiro atoms. The van der Waals surface area contributed by atoms with Gasteiger partial charge in [-0.25, -0.2) is 15.0 Å². The second-order valence-electron chi connectivity index (χ2n) is 13.1. The summed E-state index contributed by atoms with van der Waals surface area (Å²) < 4.78 is 0. The van der Waals surface area contributed by atoms with Gasteiger partial charge in [0.25, 0.3) is 0 Å². The Morgan fingerprint density at radius 2 is 0.808 bits per heavy atom. The van der Waals surface area contributed by atoms with Crippen LogP contribution in [0.1, 0.15) is 0 Å². The van der Waals surface area contributed by atoms with Crippen molar-refractivity contribution in [1.29, 1.82) is 0 Å². The molecule has 52 heavy (non-hydrogen) atoms. The Labute approximate surface area is 300 Å². The van der Waals surface area contributed by atoms with Gasteiger partial charge in [0.15, 0.2) is 17.5 Å². The molecule has 0 aliphatic heterocycles. The van der Waals surface area contributed by atoms with E-state index in [0.29, 0.717) is 17.5 Å². The van der Waals surface area contributed by atoms with Crippen molar-refractivity contribution in [1.82, 2.24) is 19.9 Å². The molecule has 2 aromatic heterocycles. The molecule has 2 heterocycles. The van der Waals surface area contributed by atoms with E-state index in [1.807, 2.05) is 72.9 Å². The van der Waals surface area contributed by atoms with E-state index in [0.717, 1.165) is 38.9 Å². The van der Waals surface area contributed by atoms with Gasteiger partial charge >= 0.3 is 0 Å². The number of hydrogen-bond acceptors (Lipinski definition) is 4. The Kier molecular flexibility index (Phi) is 7.10. The fourth-order valence-corrected chi connectivity index (χ4v) is 7.46. The molecule has 0 aliphatic rings. The van der Waals surface area contributed by atoms with Crippen LogP contribution in [-0.4, -0.2) is 19.9 Å². The molecule has 8 aromatic carbocycles. The third-order valence-electron chi connectivity index (χ3n) is 9.94. The Morgan fingerprint density at radius 1 is 0.288 bits per heavy atom. The smallest absolute Gasteiger partial charge is 0.164 e. The number of hydrogen-bond donors (Lipinski definition) is 0. The van der Waals surface area contributed by atoms with Gasteiger partial charge in [-0.15, -0.1) is 0 Å². The highest BCUT2D eigenvalue weighted by atomic mass is 15.0. The van der Waals surface area contributed by atoms with Crippen LogP contribution in [0.2, 0.25) is 0 Å². The average Bonchev–Trinajstić information content (AvgIpc) is 3.24. The zero-order chi connectivity index (χ0) is 34.4. The molecule has 0 radical (unpaired) electrons. The largest absolute Gasteiger partial charge is 0.264 e. The first-order valence-electron chi connectivity index (χ1n) is 17.5. The summed E-state index contributed by atoms with van der Waals surface area (Å²) in [6.07, 6.45) is 3.72. The molecular formula is C48H30N4. The Balaban J connectivity index is 1.23.